The second-order valence-corrected chi connectivity index (χ2v) is 2.38. The minimum atomic E-state index is -0.436. The van der Waals surface area contributed by atoms with Crippen molar-refractivity contribution in [2.75, 3.05) is 0 Å². The van der Waals surface area contributed by atoms with Crippen LogP contribution in [0.15, 0.2) is 35.1 Å². The van der Waals surface area contributed by atoms with Crippen LogP contribution in [0.4, 0.5) is 10.2 Å². The average Bonchev–Trinajstić information content (AvgIpc) is 2.22. The first kappa shape index (κ1) is 10.0. The summed E-state index contributed by atoms with van der Waals surface area (Å²) in [7, 11) is 0. The molecule has 5 heteroatoms. The first-order valence-corrected chi connectivity index (χ1v) is 3.79. The number of allylic oxidation sites excluding steroid dienone is 1. The molecule has 0 unspecified atom stereocenters. The van der Waals surface area contributed by atoms with Gasteiger partial charge in [0.05, 0.1) is 6.20 Å². The molecule has 1 aromatic heterocycles. The largest absolute Gasteiger partial charge is 0.404 e. The molecule has 0 radical (unpaired) electrons. The molecule has 0 saturated heterocycles. The standard InChI is InChI=1S/C9H8FN3O/c10-8-1-2-9(13-5-8)12-4-7(3-11)6-14/h1-6H,11H2/b7-3+,12-4?. The summed E-state index contributed by atoms with van der Waals surface area (Å²) in [5.74, 6) is -0.124. The lowest BCUT2D eigenvalue weighted by molar-refractivity contribution is -0.104. The lowest BCUT2D eigenvalue weighted by Crippen LogP contribution is -1.91. The van der Waals surface area contributed by atoms with E-state index in [4.69, 9.17) is 5.73 Å². The Morgan fingerprint density at radius 1 is 1.57 bits per heavy atom. The Labute approximate surface area is 80.0 Å². The van der Waals surface area contributed by atoms with Gasteiger partial charge in [0.25, 0.3) is 0 Å². The zero-order chi connectivity index (χ0) is 10.4. The summed E-state index contributed by atoms with van der Waals surface area (Å²) in [4.78, 5) is 17.8. The highest BCUT2D eigenvalue weighted by molar-refractivity contribution is 6.02. The topological polar surface area (TPSA) is 68.3 Å². The monoisotopic (exact) mass is 193 g/mol. The van der Waals surface area contributed by atoms with Gasteiger partial charge in [0.15, 0.2) is 12.1 Å². The van der Waals surface area contributed by atoms with Gasteiger partial charge in [-0.1, -0.05) is 0 Å². The third kappa shape index (κ3) is 2.78. The van der Waals surface area contributed by atoms with Gasteiger partial charge in [-0.25, -0.2) is 14.4 Å². The summed E-state index contributed by atoms with van der Waals surface area (Å²) in [5.41, 5.74) is 5.34. The molecular weight excluding hydrogens is 185 g/mol. The van der Waals surface area contributed by atoms with Gasteiger partial charge in [-0.15, -0.1) is 0 Å². The predicted molar refractivity (Wildman–Crippen MR) is 50.7 cm³/mol. The van der Waals surface area contributed by atoms with E-state index in [1.807, 2.05) is 0 Å². The molecule has 0 aliphatic heterocycles. The van der Waals surface area contributed by atoms with Crippen LogP contribution in [0.1, 0.15) is 0 Å². The van der Waals surface area contributed by atoms with Crippen LogP contribution in [0.3, 0.4) is 0 Å². The minimum absolute atomic E-state index is 0.233. The van der Waals surface area contributed by atoms with E-state index in [1.54, 1.807) is 0 Å². The summed E-state index contributed by atoms with van der Waals surface area (Å²) >= 11 is 0. The molecule has 0 aliphatic carbocycles. The second kappa shape index (κ2) is 4.86. The third-order valence-electron chi connectivity index (χ3n) is 1.39. The summed E-state index contributed by atoms with van der Waals surface area (Å²) in [6, 6.07) is 2.62. The number of aldehydes is 1. The normalized spacial score (nSPS) is 11.9. The fourth-order valence-electron chi connectivity index (χ4n) is 0.698. The lowest BCUT2D eigenvalue weighted by Gasteiger charge is -1.91. The van der Waals surface area contributed by atoms with Gasteiger partial charge in [-0.3, -0.25) is 4.79 Å². The van der Waals surface area contributed by atoms with Crippen LogP contribution < -0.4 is 5.73 Å². The molecule has 0 aliphatic rings. The molecule has 0 atom stereocenters. The fourth-order valence-corrected chi connectivity index (χ4v) is 0.698. The number of halogens is 1. The van der Waals surface area contributed by atoms with E-state index in [-0.39, 0.29) is 5.57 Å². The molecule has 0 bridgehead atoms. The Hall–Kier alpha value is -2.04. The highest BCUT2D eigenvalue weighted by atomic mass is 19.1. The summed E-state index contributed by atoms with van der Waals surface area (Å²) in [5, 5.41) is 0. The SMILES string of the molecule is N/C=C(/C=O)C=Nc1ccc(F)cn1. The molecule has 0 aromatic carbocycles. The number of carbonyl (C=O) groups excluding carboxylic acids is 1. The molecule has 0 amide bonds. The van der Waals surface area contributed by atoms with Crippen molar-refractivity contribution in [2.24, 2.45) is 10.7 Å². The average molecular weight is 193 g/mol. The first-order valence-electron chi connectivity index (χ1n) is 3.79. The molecule has 72 valence electrons. The van der Waals surface area contributed by atoms with Crippen molar-refractivity contribution in [3.05, 3.63) is 35.9 Å². The zero-order valence-corrected chi connectivity index (χ0v) is 7.22. The number of hydrogen-bond acceptors (Lipinski definition) is 4. The van der Waals surface area contributed by atoms with Crippen LogP contribution in [-0.2, 0) is 4.79 Å². The lowest BCUT2D eigenvalue weighted by atomic mass is 10.3. The van der Waals surface area contributed by atoms with Gasteiger partial charge >= 0.3 is 0 Å². The van der Waals surface area contributed by atoms with Gasteiger partial charge in [0, 0.05) is 18.0 Å². The van der Waals surface area contributed by atoms with Crippen molar-refractivity contribution in [1.82, 2.24) is 4.98 Å². The van der Waals surface area contributed by atoms with Gasteiger partial charge in [-0.05, 0) is 12.1 Å². The molecule has 0 fully saturated rings. The number of aliphatic imine (C=N–C) groups is 1. The zero-order valence-electron chi connectivity index (χ0n) is 7.22. The number of nitrogens with zero attached hydrogens (tertiary/aromatic N) is 2. The van der Waals surface area contributed by atoms with E-state index >= 15 is 0 Å². The Morgan fingerprint density at radius 2 is 2.36 bits per heavy atom. The van der Waals surface area contributed by atoms with Crippen LogP contribution >= 0.6 is 0 Å². The maximum Gasteiger partial charge on any atom is 0.153 e. The quantitative estimate of drug-likeness (QED) is 0.441. The Morgan fingerprint density at radius 3 is 2.86 bits per heavy atom. The van der Waals surface area contributed by atoms with Crippen molar-refractivity contribution in [1.29, 1.82) is 0 Å². The van der Waals surface area contributed by atoms with E-state index in [9.17, 15) is 9.18 Å². The number of aromatic nitrogens is 1. The summed E-state index contributed by atoms with van der Waals surface area (Å²) in [6.45, 7) is 0. The predicted octanol–water partition coefficient (Wildman–Crippen LogP) is 0.965. The highest BCUT2D eigenvalue weighted by Gasteiger charge is 1.92. The maximum absolute atomic E-state index is 12.4. The van der Waals surface area contributed by atoms with Crippen molar-refractivity contribution in [2.45, 2.75) is 0 Å². The van der Waals surface area contributed by atoms with Gasteiger partial charge in [0.2, 0.25) is 0 Å². The van der Waals surface area contributed by atoms with E-state index in [2.05, 4.69) is 9.98 Å². The van der Waals surface area contributed by atoms with Crippen molar-refractivity contribution in [3.63, 3.8) is 0 Å². The number of nitrogens with two attached hydrogens (primary N) is 1. The van der Waals surface area contributed by atoms with Crippen molar-refractivity contribution in [3.8, 4) is 0 Å². The van der Waals surface area contributed by atoms with Crippen LogP contribution in [0.25, 0.3) is 0 Å². The first-order chi connectivity index (χ1) is 6.76. The molecule has 1 aromatic rings. The molecule has 4 nitrogen and oxygen atoms in total. The van der Waals surface area contributed by atoms with Crippen LogP contribution in [0.5, 0.6) is 0 Å². The fraction of sp³-hybridized carbons (Fsp3) is 0. The van der Waals surface area contributed by atoms with Crippen LogP contribution in [0.2, 0.25) is 0 Å². The number of hydrogen-bond donors (Lipinski definition) is 1. The Kier molecular flexibility index (Phi) is 3.49. The number of carbonyl (C=O) groups is 1. The molecule has 1 rings (SSSR count). The summed E-state index contributed by atoms with van der Waals surface area (Å²) < 4.78 is 12.4. The molecule has 2 N–H and O–H groups in total. The highest BCUT2D eigenvalue weighted by Crippen LogP contribution is 2.06. The smallest absolute Gasteiger partial charge is 0.153 e. The van der Waals surface area contributed by atoms with Gasteiger partial charge in [-0.2, -0.15) is 0 Å². The van der Waals surface area contributed by atoms with E-state index < -0.39 is 5.82 Å². The van der Waals surface area contributed by atoms with Crippen molar-refractivity contribution >= 4 is 18.3 Å². The maximum atomic E-state index is 12.4. The minimum Gasteiger partial charge on any atom is -0.404 e. The van der Waals surface area contributed by atoms with Crippen LogP contribution in [0, 0.1) is 5.82 Å². The van der Waals surface area contributed by atoms with Gasteiger partial charge in [0.1, 0.15) is 5.82 Å². The Bertz CT molecular complexity index is 370. The molecule has 0 spiro atoms. The molecule has 14 heavy (non-hydrogen) atoms. The van der Waals surface area contributed by atoms with Gasteiger partial charge < -0.3 is 5.73 Å². The second-order valence-electron chi connectivity index (χ2n) is 2.38. The van der Waals surface area contributed by atoms with Crippen molar-refractivity contribution < 1.29 is 9.18 Å². The molecule has 1 heterocycles. The molecule has 0 saturated carbocycles. The Balaban J connectivity index is 2.78. The number of rotatable bonds is 3. The van der Waals surface area contributed by atoms with E-state index in [0.29, 0.717) is 12.1 Å². The third-order valence-corrected chi connectivity index (χ3v) is 1.39. The number of pyridine rings is 1. The van der Waals surface area contributed by atoms with E-state index in [1.165, 1.54) is 18.3 Å². The van der Waals surface area contributed by atoms with Crippen LogP contribution in [-0.4, -0.2) is 17.5 Å². The summed E-state index contributed by atoms with van der Waals surface area (Å²) in [6.07, 6.45) is 3.99. The van der Waals surface area contributed by atoms with E-state index in [0.717, 1.165) is 12.4 Å². The molecular formula is C9H8FN3O.